The first kappa shape index (κ1) is 14.2. The minimum absolute atomic E-state index is 0.102. The van der Waals surface area contributed by atoms with E-state index in [0.717, 1.165) is 18.2 Å². The summed E-state index contributed by atoms with van der Waals surface area (Å²) in [7, 11) is 0. The van der Waals surface area contributed by atoms with Crippen molar-refractivity contribution in [1.29, 1.82) is 0 Å². The van der Waals surface area contributed by atoms with E-state index >= 15 is 0 Å². The molecule has 0 amide bonds. The zero-order chi connectivity index (χ0) is 16.0. The molecule has 0 aromatic heterocycles. The molecule has 2 aromatic carbocycles. The Morgan fingerprint density at radius 2 is 1.50 bits per heavy atom. The maximum absolute atomic E-state index is 10.2. The topological polar surface area (TPSA) is 131 Å². The fraction of sp³-hybridized carbons (Fsp3) is 0.200. The van der Waals surface area contributed by atoms with Crippen LogP contribution in [0.2, 0.25) is 0 Å². The summed E-state index contributed by atoms with van der Waals surface area (Å²) in [5, 5.41) is 57.9. The number of phenols is 5. The van der Waals surface area contributed by atoms with Crippen molar-refractivity contribution in [2.45, 2.75) is 18.6 Å². The van der Waals surface area contributed by atoms with E-state index in [2.05, 4.69) is 0 Å². The van der Waals surface area contributed by atoms with Gasteiger partial charge >= 0.3 is 0 Å². The lowest BCUT2D eigenvalue weighted by molar-refractivity contribution is 0.0187. The number of benzene rings is 2. The number of rotatable bonds is 1. The molecule has 0 fully saturated rings. The van der Waals surface area contributed by atoms with Gasteiger partial charge in [-0.1, -0.05) is 0 Å². The first-order chi connectivity index (χ1) is 10.4. The Kier molecular flexibility index (Phi) is 3.14. The molecule has 1 aliphatic rings. The molecule has 7 heteroatoms. The van der Waals surface area contributed by atoms with Crippen LogP contribution in [-0.2, 0) is 6.42 Å². The zero-order valence-corrected chi connectivity index (χ0v) is 11.3. The van der Waals surface area contributed by atoms with E-state index in [9.17, 15) is 30.6 Å². The summed E-state index contributed by atoms with van der Waals surface area (Å²) in [4.78, 5) is 0. The van der Waals surface area contributed by atoms with Gasteiger partial charge in [0.1, 0.15) is 5.75 Å². The minimum Gasteiger partial charge on any atom is -0.508 e. The van der Waals surface area contributed by atoms with Gasteiger partial charge in [-0.3, -0.25) is 0 Å². The third kappa shape index (κ3) is 2.21. The first-order valence-corrected chi connectivity index (χ1v) is 6.51. The molecule has 0 saturated heterocycles. The summed E-state index contributed by atoms with van der Waals surface area (Å²) < 4.78 is 5.55. The average molecular weight is 306 g/mol. The number of aromatic hydroxyl groups is 5. The lowest BCUT2D eigenvalue weighted by atomic mass is 9.94. The molecule has 0 bridgehead atoms. The third-order valence-electron chi connectivity index (χ3n) is 3.57. The lowest BCUT2D eigenvalue weighted by Crippen LogP contribution is -2.30. The van der Waals surface area contributed by atoms with Crippen molar-refractivity contribution >= 4 is 0 Å². The molecule has 7 nitrogen and oxygen atoms in total. The van der Waals surface area contributed by atoms with Crippen LogP contribution in [0.3, 0.4) is 0 Å². The molecule has 116 valence electrons. The Hall–Kier alpha value is -2.80. The predicted molar refractivity (Wildman–Crippen MR) is 74.3 cm³/mol. The standard InChI is InChI=1S/C15H14O7/c16-8-1-6-4-11(19)15(22-14(6)12(20)5-8)7-2-9(17)13(21)10(18)3-7/h1-3,5,11,15-21H,4H2. The van der Waals surface area contributed by atoms with Crippen molar-refractivity contribution in [3.63, 3.8) is 0 Å². The second kappa shape index (κ2) is 4.88. The number of fused-ring (bicyclic) bond motifs is 1. The number of phenolic OH excluding ortho intramolecular Hbond substituents is 5. The molecule has 0 saturated carbocycles. The molecule has 6 N–H and O–H groups in total. The van der Waals surface area contributed by atoms with Crippen LogP contribution in [-0.4, -0.2) is 36.7 Å². The maximum atomic E-state index is 10.2. The summed E-state index contributed by atoms with van der Waals surface area (Å²) >= 11 is 0. The van der Waals surface area contributed by atoms with Crippen molar-refractivity contribution in [3.8, 4) is 34.5 Å². The highest BCUT2D eigenvalue weighted by atomic mass is 16.5. The van der Waals surface area contributed by atoms with E-state index < -0.39 is 29.5 Å². The van der Waals surface area contributed by atoms with Crippen LogP contribution in [0.5, 0.6) is 34.5 Å². The molecule has 0 spiro atoms. The van der Waals surface area contributed by atoms with Gasteiger partial charge in [-0.05, 0) is 18.2 Å². The van der Waals surface area contributed by atoms with E-state index in [0.29, 0.717) is 5.56 Å². The van der Waals surface area contributed by atoms with Crippen LogP contribution < -0.4 is 4.74 Å². The SMILES string of the molecule is Oc1cc(O)c2c(c1)CC(O)C(c1cc(O)c(O)c(O)c1)O2. The highest BCUT2D eigenvalue weighted by molar-refractivity contribution is 5.55. The smallest absolute Gasteiger partial charge is 0.200 e. The maximum Gasteiger partial charge on any atom is 0.200 e. The fourth-order valence-corrected chi connectivity index (χ4v) is 2.56. The van der Waals surface area contributed by atoms with Gasteiger partial charge in [-0.15, -0.1) is 0 Å². The number of aliphatic hydroxyl groups excluding tert-OH is 1. The largest absolute Gasteiger partial charge is 0.508 e. The average Bonchev–Trinajstić information content (AvgIpc) is 2.43. The van der Waals surface area contributed by atoms with E-state index in [1.165, 1.54) is 6.07 Å². The Bertz CT molecular complexity index is 718. The van der Waals surface area contributed by atoms with Gasteiger partial charge < -0.3 is 35.4 Å². The van der Waals surface area contributed by atoms with Crippen molar-refractivity contribution in [3.05, 3.63) is 35.4 Å². The second-order valence-electron chi connectivity index (χ2n) is 5.17. The van der Waals surface area contributed by atoms with E-state index in [1.807, 2.05) is 0 Å². The van der Waals surface area contributed by atoms with Crippen molar-refractivity contribution in [1.82, 2.24) is 0 Å². The van der Waals surface area contributed by atoms with E-state index in [1.54, 1.807) is 0 Å². The number of ether oxygens (including phenoxy) is 1. The molecule has 3 rings (SSSR count). The van der Waals surface area contributed by atoms with Crippen LogP contribution >= 0.6 is 0 Å². The summed E-state index contributed by atoms with van der Waals surface area (Å²) in [6.07, 6.45) is -1.89. The summed E-state index contributed by atoms with van der Waals surface area (Å²) in [5.41, 5.74) is 0.673. The molecule has 0 aliphatic carbocycles. The number of aliphatic hydroxyl groups is 1. The Morgan fingerprint density at radius 1 is 0.864 bits per heavy atom. The van der Waals surface area contributed by atoms with Gasteiger partial charge in [0.15, 0.2) is 34.9 Å². The first-order valence-electron chi connectivity index (χ1n) is 6.51. The fourth-order valence-electron chi connectivity index (χ4n) is 2.56. The molecular formula is C15H14O7. The summed E-state index contributed by atoms with van der Waals surface area (Å²) in [5.74, 6) is -2.08. The van der Waals surface area contributed by atoms with E-state index in [-0.39, 0.29) is 29.2 Å². The summed E-state index contributed by atoms with van der Waals surface area (Å²) in [6, 6.07) is 4.80. The zero-order valence-electron chi connectivity index (χ0n) is 11.3. The predicted octanol–water partition coefficient (Wildman–Crippen LogP) is 1.25. The number of hydrogen-bond acceptors (Lipinski definition) is 7. The monoisotopic (exact) mass is 306 g/mol. The van der Waals surface area contributed by atoms with Crippen LogP contribution in [0.15, 0.2) is 24.3 Å². The second-order valence-corrected chi connectivity index (χ2v) is 5.17. The van der Waals surface area contributed by atoms with Crippen LogP contribution in [0.1, 0.15) is 17.2 Å². The third-order valence-corrected chi connectivity index (χ3v) is 3.57. The quantitative estimate of drug-likeness (QED) is 0.437. The van der Waals surface area contributed by atoms with Gasteiger partial charge in [0.05, 0.1) is 6.10 Å². The molecule has 1 heterocycles. The number of hydrogen-bond donors (Lipinski definition) is 6. The normalized spacial score (nSPS) is 20.2. The molecule has 1 aliphatic heterocycles. The highest BCUT2D eigenvalue weighted by Crippen LogP contribution is 2.45. The lowest BCUT2D eigenvalue weighted by Gasteiger charge is -2.31. The molecule has 2 aromatic rings. The van der Waals surface area contributed by atoms with Crippen molar-refractivity contribution < 1.29 is 35.4 Å². The molecule has 2 atom stereocenters. The van der Waals surface area contributed by atoms with Gasteiger partial charge in [0, 0.05) is 23.6 Å². The molecular weight excluding hydrogens is 292 g/mol. The van der Waals surface area contributed by atoms with Gasteiger partial charge in [0.25, 0.3) is 0 Å². The van der Waals surface area contributed by atoms with E-state index in [4.69, 9.17) is 4.74 Å². The van der Waals surface area contributed by atoms with Crippen molar-refractivity contribution in [2.24, 2.45) is 0 Å². The van der Waals surface area contributed by atoms with Gasteiger partial charge in [-0.25, -0.2) is 0 Å². The minimum atomic E-state index is -1.03. The molecule has 2 unspecified atom stereocenters. The Balaban J connectivity index is 2.03. The van der Waals surface area contributed by atoms with Crippen LogP contribution in [0, 0.1) is 0 Å². The summed E-state index contributed by atoms with van der Waals surface area (Å²) in [6.45, 7) is 0. The molecule has 0 radical (unpaired) electrons. The van der Waals surface area contributed by atoms with Crippen molar-refractivity contribution in [2.75, 3.05) is 0 Å². The van der Waals surface area contributed by atoms with Crippen LogP contribution in [0.25, 0.3) is 0 Å². The van der Waals surface area contributed by atoms with Gasteiger partial charge in [-0.2, -0.15) is 0 Å². The Morgan fingerprint density at radius 3 is 2.14 bits per heavy atom. The Labute approximate surface area is 124 Å². The van der Waals surface area contributed by atoms with Gasteiger partial charge in [0.2, 0.25) is 0 Å². The van der Waals surface area contributed by atoms with Crippen LogP contribution in [0.4, 0.5) is 0 Å². The molecule has 22 heavy (non-hydrogen) atoms. The highest BCUT2D eigenvalue weighted by Gasteiger charge is 2.33.